The molecule has 1 heterocycles. The Kier molecular flexibility index (Phi) is 5.77. The number of ketones is 1. The van der Waals surface area contributed by atoms with Crippen LogP contribution < -0.4 is 10.5 Å². The van der Waals surface area contributed by atoms with E-state index in [0.717, 1.165) is 22.9 Å². The topological polar surface area (TPSA) is 96.4 Å². The Morgan fingerprint density at radius 1 is 1.07 bits per heavy atom. The Bertz CT molecular complexity index is 1140. The maximum atomic E-state index is 14.0. The number of aromatic nitrogens is 2. The van der Waals surface area contributed by atoms with Crippen LogP contribution in [0.2, 0.25) is 0 Å². The van der Waals surface area contributed by atoms with Crippen LogP contribution in [0.1, 0.15) is 26.4 Å². The Morgan fingerprint density at radius 3 is 2.43 bits per heavy atom. The van der Waals surface area contributed by atoms with Crippen LogP contribution in [0.4, 0.5) is 19.0 Å². The number of esters is 1. The van der Waals surface area contributed by atoms with Crippen molar-refractivity contribution in [2.75, 3.05) is 19.5 Å². The first kappa shape index (κ1) is 20.9. The average Bonchev–Trinajstić information content (AvgIpc) is 3.02. The van der Waals surface area contributed by atoms with Crippen LogP contribution >= 0.6 is 0 Å². The van der Waals surface area contributed by atoms with Crippen molar-refractivity contribution < 1.29 is 32.2 Å². The van der Waals surface area contributed by atoms with Crippen molar-refractivity contribution in [3.05, 3.63) is 70.7 Å². The fraction of sp³-hybridized carbons (Fsp3) is 0.150. The summed E-state index contributed by atoms with van der Waals surface area (Å²) in [5, 5.41) is 4.03. The number of carbonyl (C=O) groups is 2. The summed E-state index contributed by atoms with van der Waals surface area (Å²) in [6, 6.07) is 6.62. The summed E-state index contributed by atoms with van der Waals surface area (Å²) in [5.41, 5.74) is 5.73. The SMILES string of the molecule is COc1ccc(C(=O)COC(=O)c2c(C)nn(-c3ccc(F)c(F)c3)c2N)c(F)c1. The van der Waals surface area contributed by atoms with Gasteiger partial charge in [0.2, 0.25) is 5.78 Å². The molecule has 0 atom stereocenters. The fourth-order valence-corrected chi connectivity index (χ4v) is 2.74. The summed E-state index contributed by atoms with van der Waals surface area (Å²) in [7, 11) is 1.35. The van der Waals surface area contributed by atoms with Crippen LogP contribution in [0.3, 0.4) is 0 Å². The van der Waals surface area contributed by atoms with E-state index in [4.69, 9.17) is 15.2 Å². The molecule has 0 radical (unpaired) electrons. The molecule has 3 rings (SSSR count). The van der Waals surface area contributed by atoms with Gasteiger partial charge in [0.15, 0.2) is 18.2 Å². The molecule has 0 fully saturated rings. The predicted molar refractivity (Wildman–Crippen MR) is 100 cm³/mol. The quantitative estimate of drug-likeness (QED) is 0.487. The highest BCUT2D eigenvalue weighted by molar-refractivity contribution is 6.01. The van der Waals surface area contributed by atoms with Crippen molar-refractivity contribution in [3.63, 3.8) is 0 Å². The third-order valence-electron chi connectivity index (χ3n) is 4.26. The molecule has 2 aromatic carbocycles. The first-order valence-corrected chi connectivity index (χ1v) is 8.57. The van der Waals surface area contributed by atoms with E-state index in [-0.39, 0.29) is 34.1 Å². The minimum absolute atomic E-state index is 0.0879. The van der Waals surface area contributed by atoms with Gasteiger partial charge in [-0.15, -0.1) is 0 Å². The standard InChI is InChI=1S/C20H16F3N3O4/c1-10-18(19(24)26(25-10)11-3-6-14(21)16(23)7-11)20(28)30-9-17(27)13-5-4-12(29-2)8-15(13)22/h3-8H,9,24H2,1-2H3. The van der Waals surface area contributed by atoms with E-state index < -0.39 is 35.8 Å². The zero-order valence-corrected chi connectivity index (χ0v) is 15.9. The maximum Gasteiger partial charge on any atom is 0.344 e. The molecule has 1 aromatic heterocycles. The zero-order valence-electron chi connectivity index (χ0n) is 15.9. The number of nitrogens with two attached hydrogens (primary N) is 1. The Morgan fingerprint density at radius 2 is 1.80 bits per heavy atom. The van der Waals surface area contributed by atoms with Gasteiger partial charge in [0.1, 0.15) is 22.9 Å². The number of nitrogen functional groups attached to an aromatic ring is 1. The molecule has 0 saturated carbocycles. The Balaban J connectivity index is 1.78. The van der Waals surface area contributed by atoms with Crippen molar-refractivity contribution in [1.29, 1.82) is 0 Å². The van der Waals surface area contributed by atoms with Gasteiger partial charge in [-0.2, -0.15) is 5.10 Å². The summed E-state index contributed by atoms with van der Waals surface area (Å²) in [4.78, 5) is 24.6. The van der Waals surface area contributed by atoms with Gasteiger partial charge < -0.3 is 15.2 Å². The number of ether oxygens (including phenoxy) is 2. The van der Waals surface area contributed by atoms with Crippen molar-refractivity contribution in [2.24, 2.45) is 0 Å². The molecule has 0 spiro atoms. The molecule has 0 aliphatic carbocycles. The highest BCUT2D eigenvalue weighted by atomic mass is 19.2. The molecular formula is C20H16F3N3O4. The highest BCUT2D eigenvalue weighted by Crippen LogP contribution is 2.23. The maximum absolute atomic E-state index is 14.0. The van der Waals surface area contributed by atoms with Crippen LogP contribution in [-0.4, -0.2) is 35.2 Å². The Hall–Kier alpha value is -3.82. The predicted octanol–water partition coefficient (Wildman–Crippen LogP) is 3.23. The second-order valence-electron chi connectivity index (χ2n) is 6.20. The zero-order chi connectivity index (χ0) is 22.0. The average molecular weight is 419 g/mol. The molecule has 0 bridgehead atoms. The number of anilines is 1. The minimum atomic E-state index is -1.11. The third kappa shape index (κ3) is 3.97. The first-order chi connectivity index (χ1) is 14.2. The number of Topliss-reactive ketones (excluding diaryl/α,β-unsaturated/α-hetero) is 1. The van der Waals surface area contributed by atoms with Crippen LogP contribution in [0.15, 0.2) is 36.4 Å². The summed E-state index contributed by atoms with van der Waals surface area (Å²) in [5.74, 6) is -4.69. The second kappa shape index (κ2) is 8.27. The van der Waals surface area contributed by atoms with Gasteiger partial charge in [-0.25, -0.2) is 22.6 Å². The van der Waals surface area contributed by atoms with E-state index in [2.05, 4.69) is 5.10 Å². The number of methoxy groups -OCH3 is 1. The van der Waals surface area contributed by atoms with Crippen LogP contribution in [0.5, 0.6) is 5.75 Å². The van der Waals surface area contributed by atoms with Gasteiger partial charge in [0.25, 0.3) is 0 Å². The summed E-state index contributed by atoms with van der Waals surface area (Å²) in [6.07, 6.45) is 0. The first-order valence-electron chi connectivity index (χ1n) is 8.57. The molecule has 10 heteroatoms. The highest BCUT2D eigenvalue weighted by Gasteiger charge is 2.24. The summed E-state index contributed by atoms with van der Waals surface area (Å²) in [6.45, 7) is 0.714. The lowest BCUT2D eigenvalue weighted by Gasteiger charge is -2.07. The molecular weight excluding hydrogens is 403 g/mol. The molecule has 3 aromatic rings. The van der Waals surface area contributed by atoms with Gasteiger partial charge in [-0.1, -0.05) is 0 Å². The second-order valence-corrected chi connectivity index (χ2v) is 6.20. The molecule has 0 aliphatic heterocycles. The number of aryl methyl sites for hydroxylation is 1. The smallest absolute Gasteiger partial charge is 0.344 e. The Labute approximate surface area is 168 Å². The van der Waals surface area contributed by atoms with Gasteiger partial charge in [0, 0.05) is 12.1 Å². The van der Waals surface area contributed by atoms with Crippen molar-refractivity contribution in [3.8, 4) is 11.4 Å². The lowest BCUT2D eigenvalue weighted by Crippen LogP contribution is -2.17. The van der Waals surface area contributed by atoms with Crippen molar-refractivity contribution >= 4 is 17.6 Å². The number of rotatable bonds is 6. The van der Waals surface area contributed by atoms with Gasteiger partial charge in [-0.05, 0) is 31.2 Å². The third-order valence-corrected chi connectivity index (χ3v) is 4.26. The molecule has 156 valence electrons. The van der Waals surface area contributed by atoms with Gasteiger partial charge >= 0.3 is 5.97 Å². The number of hydrogen-bond acceptors (Lipinski definition) is 6. The van der Waals surface area contributed by atoms with Gasteiger partial charge in [0.05, 0.1) is 24.1 Å². The number of halogens is 3. The van der Waals surface area contributed by atoms with Gasteiger partial charge in [-0.3, -0.25) is 4.79 Å². The lowest BCUT2D eigenvalue weighted by molar-refractivity contribution is 0.0474. The van der Waals surface area contributed by atoms with Crippen LogP contribution in [-0.2, 0) is 4.74 Å². The summed E-state index contributed by atoms with van der Waals surface area (Å²) < 4.78 is 51.5. The van der Waals surface area contributed by atoms with E-state index in [9.17, 15) is 22.8 Å². The van der Waals surface area contributed by atoms with E-state index in [0.29, 0.717) is 0 Å². The molecule has 30 heavy (non-hydrogen) atoms. The number of carbonyl (C=O) groups excluding carboxylic acids is 2. The monoisotopic (exact) mass is 419 g/mol. The summed E-state index contributed by atoms with van der Waals surface area (Å²) >= 11 is 0. The largest absolute Gasteiger partial charge is 0.497 e. The molecule has 2 N–H and O–H groups in total. The lowest BCUT2D eigenvalue weighted by atomic mass is 10.1. The normalized spacial score (nSPS) is 10.7. The molecule has 0 aliphatic rings. The van der Waals surface area contributed by atoms with E-state index in [1.54, 1.807) is 0 Å². The molecule has 0 amide bonds. The van der Waals surface area contributed by atoms with E-state index >= 15 is 0 Å². The molecule has 7 nitrogen and oxygen atoms in total. The van der Waals surface area contributed by atoms with Crippen LogP contribution in [0, 0.1) is 24.4 Å². The number of benzene rings is 2. The van der Waals surface area contributed by atoms with E-state index in [1.807, 2.05) is 0 Å². The molecule has 0 unspecified atom stereocenters. The fourth-order valence-electron chi connectivity index (χ4n) is 2.74. The van der Waals surface area contributed by atoms with Crippen molar-refractivity contribution in [1.82, 2.24) is 9.78 Å². The number of nitrogens with zero attached hydrogens (tertiary/aromatic N) is 2. The van der Waals surface area contributed by atoms with Crippen molar-refractivity contribution in [2.45, 2.75) is 6.92 Å². The molecule has 0 saturated heterocycles. The van der Waals surface area contributed by atoms with E-state index in [1.165, 1.54) is 32.2 Å². The number of hydrogen-bond donors (Lipinski definition) is 1. The van der Waals surface area contributed by atoms with Crippen LogP contribution in [0.25, 0.3) is 5.69 Å². The minimum Gasteiger partial charge on any atom is -0.497 e.